The lowest BCUT2D eigenvalue weighted by atomic mass is 9.75. The van der Waals surface area contributed by atoms with Crippen molar-refractivity contribution in [2.75, 3.05) is 0 Å². The van der Waals surface area contributed by atoms with Gasteiger partial charge >= 0.3 is 5.97 Å². The van der Waals surface area contributed by atoms with E-state index in [2.05, 4.69) is 25.8 Å². The van der Waals surface area contributed by atoms with Crippen molar-refractivity contribution in [3.63, 3.8) is 0 Å². The number of aromatic nitrogens is 1. The molecule has 0 N–H and O–H groups in total. The second-order valence-electron chi connectivity index (χ2n) is 6.01. The first-order valence-corrected chi connectivity index (χ1v) is 7.19. The fraction of sp³-hybridized carbons (Fsp3) is 0.625. The molecule has 1 saturated carbocycles. The van der Waals surface area contributed by atoms with Crippen molar-refractivity contribution in [2.24, 2.45) is 17.8 Å². The number of carbonyl (C=O) groups is 1. The van der Waals surface area contributed by atoms with E-state index in [4.69, 9.17) is 4.74 Å². The monoisotopic (exact) mass is 261 g/mol. The molecule has 2 rings (SSSR count). The van der Waals surface area contributed by atoms with E-state index in [1.165, 1.54) is 6.42 Å². The van der Waals surface area contributed by atoms with Gasteiger partial charge in [0.2, 0.25) is 0 Å². The second kappa shape index (κ2) is 6.18. The van der Waals surface area contributed by atoms with Gasteiger partial charge in [-0.05, 0) is 42.7 Å². The third-order valence-corrected chi connectivity index (χ3v) is 4.14. The summed E-state index contributed by atoms with van der Waals surface area (Å²) in [7, 11) is 0. The Kier molecular flexibility index (Phi) is 4.56. The van der Waals surface area contributed by atoms with Crippen molar-refractivity contribution in [3.8, 4) is 0 Å². The van der Waals surface area contributed by atoms with E-state index >= 15 is 0 Å². The molecule has 1 aliphatic rings. The first-order valence-electron chi connectivity index (χ1n) is 7.19. The molecule has 3 atom stereocenters. The Bertz CT molecular complexity index is 416. The van der Waals surface area contributed by atoms with Crippen molar-refractivity contribution < 1.29 is 9.53 Å². The fourth-order valence-corrected chi connectivity index (χ4v) is 2.94. The predicted molar refractivity (Wildman–Crippen MR) is 74.8 cm³/mol. The lowest BCUT2D eigenvalue weighted by Crippen LogP contribution is -2.35. The highest BCUT2D eigenvalue weighted by Crippen LogP contribution is 2.35. The van der Waals surface area contributed by atoms with Gasteiger partial charge in [0.05, 0.1) is 5.56 Å². The standard InChI is InChI=1S/C16H23NO2/c1-11(2)14-5-4-12(3)10-15(14)19-16(18)13-6-8-17-9-7-13/h6-9,11-12,14-15H,4-5,10H2,1-3H3/t12-,14-,15-/m1/s1. The van der Waals surface area contributed by atoms with Crippen LogP contribution in [-0.2, 0) is 4.74 Å². The minimum absolute atomic E-state index is 0.0596. The first-order chi connectivity index (χ1) is 9.08. The molecule has 1 fully saturated rings. The summed E-state index contributed by atoms with van der Waals surface area (Å²) in [5, 5.41) is 0. The molecule has 19 heavy (non-hydrogen) atoms. The molecular weight excluding hydrogens is 238 g/mol. The molecule has 1 aromatic heterocycles. The average molecular weight is 261 g/mol. The van der Waals surface area contributed by atoms with Gasteiger partial charge in [-0.1, -0.05) is 27.2 Å². The second-order valence-corrected chi connectivity index (χ2v) is 6.01. The highest BCUT2D eigenvalue weighted by Gasteiger charge is 2.33. The number of nitrogens with zero attached hydrogens (tertiary/aromatic N) is 1. The molecule has 0 aliphatic heterocycles. The van der Waals surface area contributed by atoms with Crippen LogP contribution >= 0.6 is 0 Å². The van der Waals surface area contributed by atoms with E-state index in [0.29, 0.717) is 23.3 Å². The summed E-state index contributed by atoms with van der Waals surface area (Å²) < 4.78 is 5.76. The molecular formula is C16H23NO2. The van der Waals surface area contributed by atoms with Crippen LogP contribution in [0.2, 0.25) is 0 Å². The molecule has 0 radical (unpaired) electrons. The van der Waals surface area contributed by atoms with E-state index < -0.39 is 0 Å². The fourth-order valence-electron chi connectivity index (χ4n) is 2.94. The number of rotatable bonds is 3. The van der Waals surface area contributed by atoms with Crippen molar-refractivity contribution in [2.45, 2.75) is 46.1 Å². The maximum Gasteiger partial charge on any atom is 0.338 e. The molecule has 3 nitrogen and oxygen atoms in total. The van der Waals surface area contributed by atoms with E-state index in [1.807, 2.05) is 0 Å². The topological polar surface area (TPSA) is 39.2 Å². The Labute approximate surface area is 115 Å². The van der Waals surface area contributed by atoms with E-state index in [0.717, 1.165) is 12.8 Å². The van der Waals surface area contributed by atoms with Crippen molar-refractivity contribution in [1.82, 2.24) is 4.98 Å². The Balaban J connectivity index is 2.04. The molecule has 3 heteroatoms. The van der Waals surface area contributed by atoms with E-state index in [-0.39, 0.29) is 12.1 Å². The van der Waals surface area contributed by atoms with Gasteiger partial charge in [-0.2, -0.15) is 0 Å². The average Bonchev–Trinajstić information content (AvgIpc) is 2.39. The third-order valence-electron chi connectivity index (χ3n) is 4.14. The van der Waals surface area contributed by atoms with Crippen LogP contribution in [0.4, 0.5) is 0 Å². The summed E-state index contributed by atoms with van der Waals surface area (Å²) >= 11 is 0. The van der Waals surface area contributed by atoms with Crippen molar-refractivity contribution >= 4 is 5.97 Å². The number of carbonyl (C=O) groups excluding carboxylic acids is 1. The molecule has 0 saturated heterocycles. The summed E-state index contributed by atoms with van der Waals surface area (Å²) in [5.74, 6) is 1.47. The zero-order valence-electron chi connectivity index (χ0n) is 12.0. The maximum atomic E-state index is 12.1. The summed E-state index contributed by atoms with van der Waals surface area (Å²) in [4.78, 5) is 16.1. The van der Waals surface area contributed by atoms with Gasteiger partial charge in [0, 0.05) is 12.4 Å². The summed E-state index contributed by atoms with van der Waals surface area (Å²) in [5.41, 5.74) is 0.593. The summed E-state index contributed by atoms with van der Waals surface area (Å²) in [6.45, 7) is 6.67. The summed E-state index contributed by atoms with van der Waals surface area (Å²) in [6, 6.07) is 3.41. The van der Waals surface area contributed by atoms with Gasteiger partial charge < -0.3 is 4.74 Å². The van der Waals surface area contributed by atoms with Gasteiger partial charge in [-0.3, -0.25) is 4.98 Å². The molecule has 0 spiro atoms. The van der Waals surface area contributed by atoms with Crippen LogP contribution in [0.25, 0.3) is 0 Å². The third kappa shape index (κ3) is 3.55. The maximum absolute atomic E-state index is 12.1. The lowest BCUT2D eigenvalue weighted by Gasteiger charge is -2.36. The number of pyridine rings is 1. The number of ether oxygens (including phenoxy) is 1. The van der Waals surface area contributed by atoms with Crippen molar-refractivity contribution in [1.29, 1.82) is 0 Å². The van der Waals surface area contributed by atoms with Gasteiger partial charge in [-0.15, -0.1) is 0 Å². The summed E-state index contributed by atoms with van der Waals surface area (Å²) in [6.07, 6.45) is 6.70. The van der Waals surface area contributed by atoms with Gasteiger partial charge in [-0.25, -0.2) is 4.79 Å². The van der Waals surface area contributed by atoms with Crippen LogP contribution in [0.3, 0.4) is 0 Å². The van der Waals surface area contributed by atoms with Crippen LogP contribution in [0.15, 0.2) is 24.5 Å². The Morgan fingerprint density at radius 1 is 1.32 bits per heavy atom. The molecule has 1 heterocycles. The Morgan fingerprint density at radius 2 is 2.00 bits per heavy atom. The molecule has 0 amide bonds. The lowest BCUT2D eigenvalue weighted by molar-refractivity contribution is -0.0174. The zero-order chi connectivity index (χ0) is 13.8. The zero-order valence-corrected chi connectivity index (χ0v) is 12.0. The SMILES string of the molecule is CC(C)[C@H]1CC[C@@H](C)C[C@H]1OC(=O)c1ccncc1. The van der Waals surface area contributed by atoms with Gasteiger partial charge in [0.25, 0.3) is 0 Å². The van der Waals surface area contributed by atoms with Gasteiger partial charge in [0.1, 0.15) is 6.10 Å². The van der Waals surface area contributed by atoms with E-state index in [1.54, 1.807) is 24.5 Å². The molecule has 0 bridgehead atoms. The normalized spacial score (nSPS) is 27.3. The van der Waals surface area contributed by atoms with Crippen LogP contribution in [0.5, 0.6) is 0 Å². The highest BCUT2D eigenvalue weighted by molar-refractivity contribution is 5.89. The number of hydrogen-bond donors (Lipinski definition) is 0. The minimum atomic E-state index is -0.216. The molecule has 1 aromatic rings. The molecule has 0 aromatic carbocycles. The number of esters is 1. The first kappa shape index (κ1) is 14.0. The highest BCUT2D eigenvalue weighted by atomic mass is 16.5. The van der Waals surface area contributed by atoms with Crippen LogP contribution in [-0.4, -0.2) is 17.1 Å². The van der Waals surface area contributed by atoms with Crippen LogP contribution in [0, 0.1) is 17.8 Å². The minimum Gasteiger partial charge on any atom is -0.458 e. The van der Waals surface area contributed by atoms with Crippen molar-refractivity contribution in [3.05, 3.63) is 30.1 Å². The quantitative estimate of drug-likeness (QED) is 0.779. The Morgan fingerprint density at radius 3 is 2.63 bits per heavy atom. The largest absolute Gasteiger partial charge is 0.458 e. The van der Waals surface area contributed by atoms with Crippen LogP contribution in [0.1, 0.15) is 50.4 Å². The van der Waals surface area contributed by atoms with E-state index in [9.17, 15) is 4.79 Å². The van der Waals surface area contributed by atoms with Gasteiger partial charge in [0.15, 0.2) is 0 Å². The predicted octanol–water partition coefficient (Wildman–Crippen LogP) is 3.70. The Hall–Kier alpha value is -1.38. The smallest absolute Gasteiger partial charge is 0.338 e. The molecule has 104 valence electrons. The molecule has 1 aliphatic carbocycles. The molecule has 0 unspecified atom stereocenters. The van der Waals surface area contributed by atoms with Crippen LogP contribution < -0.4 is 0 Å². The number of hydrogen-bond acceptors (Lipinski definition) is 3.